The van der Waals surface area contributed by atoms with E-state index in [1.54, 1.807) is 57.6 Å². The summed E-state index contributed by atoms with van der Waals surface area (Å²) < 4.78 is 6.99. The third-order valence-corrected chi connectivity index (χ3v) is 4.61. The zero-order valence-corrected chi connectivity index (χ0v) is 17.2. The van der Waals surface area contributed by atoms with Crippen LogP contribution in [0.2, 0.25) is 0 Å². The monoisotopic (exact) mass is 405 g/mol. The van der Waals surface area contributed by atoms with Crippen molar-refractivity contribution in [1.29, 1.82) is 5.26 Å². The number of ether oxygens (including phenoxy) is 1. The van der Waals surface area contributed by atoms with Gasteiger partial charge in [-0.05, 0) is 36.8 Å². The Balaban J connectivity index is 2.05. The molecule has 0 unspecified atom stereocenters. The highest BCUT2D eigenvalue weighted by Crippen LogP contribution is 2.25. The van der Waals surface area contributed by atoms with Crippen molar-refractivity contribution < 1.29 is 14.3 Å². The van der Waals surface area contributed by atoms with E-state index >= 15 is 0 Å². The van der Waals surface area contributed by atoms with Gasteiger partial charge in [0.1, 0.15) is 0 Å². The molecule has 0 aliphatic heterocycles. The number of benzene rings is 2. The Kier molecular flexibility index (Phi) is 6.45. The quantitative estimate of drug-likeness (QED) is 0.609. The molecule has 0 aliphatic carbocycles. The van der Waals surface area contributed by atoms with Crippen LogP contribution in [0.25, 0.3) is 11.0 Å². The van der Waals surface area contributed by atoms with E-state index < -0.39 is 0 Å². The second kappa shape index (κ2) is 9.20. The minimum Gasteiger partial charge on any atom is -0.385 e. The van der Waals surface area contributed by atoms with Gasteiger partial charge in [0.15, 0.2) is 0 Å². The van der Waals surface area contributed by atoms with E-state index in [0.717, 1.165) is 0 Å². The number of nitrogens with one attached hydrogen (secondary N) is 1. The summed E-state index contributed by atoms with van der Waals surface area (Å²) in [5, 5.41) is 11.9. The van der Waals surface area contributed by atoms with Gasteiger partial charge in [-0.25, -0.2) is 4.98 Å². The Bertz CT molecular complexity index is 1130. The van der Waals surface area contributed by atoms with Gasteiger partial charge in [-0.1, -0.05) is 12.1 Å². The van der Waals surface area contributed by atoms with Crippen molar-refractivity contribution in [2.75, 3.05) is 33.1 Å². The molecule has 0 aliphatic rings. The van der Waals surface area contributed by atoms with Crippen LogP contribution >= 0.6 is 0 Å². The van der Waals surface area contributed by atoms with Gasteiger partial charge in [0.25, 0.3) is 11.8 Å². The van der Waals surface area contributed by atoms with Crippen molar-refractivity contribution in [3.05, 3.63) is 59.2 Å². The summed E-state index contributed by atoms with van der Waals surface area (Å²) in [5.41, 5.74) is 2.54. The van der Waals surface area contributed by atoms with Gasteiger partial charge in [-0.2, -0.15) is 5.26 Å². The van der Waals surface area contributed by atoms with Gasteiger partial charge in [0, 0.05) is 39.9 Å². The lowest BCUT2D eigenvalue weighted by molar-refractivity contribution is 0.0829. The number of aryl methyl sites for hydroxylation is 1. The lowest BCUT2D eigenvalue weighted by Crippen LogP contribution is -2.23. The molecule has 0 fully saturated rings. The minimum absolute atomic E-state index is 0.145. The molecule has 1 heterocycles. The van der Waals surface area contributed by atoms with E-state index in [1.165, 1.54) is 11.0 Å². The van der Waals surface area contributed by atoms with Crippen LogP contribution in [0.5, 0.6) is 0 Å². The molecule has 30 heavy (non-hydrogen) atoms. The summed E-state index contributed by atoms with van der Waals surface area (Å²) in [4.78, 5) is 31.6. The standard InChI is InChI=1S/C22H23N5O3/c1-26(2)21(29)17-9-5-10-18-19(17)27(11-6-12-30-3)22(24-18)25-20(28)16-8-4-7-15(13-16)14-23/h4-5,7-10,13H,6,11-12H2,1-3H3,(H,24,25,28). The maximum absolute atomic E-state index is 12.8. The maximum atomic E-state index is 12.8. The SMILES string of the molecule is COCCCn1c(NC(=O)c2cccc(C#N)c2)nc2cccc(C(=O)N(C)C)c21. The van der Waals surface area contributed by atoms with E-state index in [9.17, 15) is 9.59 Å². The maximum Gasteiger partial charge on any atom is 0.258 e. The van der Waals surface area contributed by atoms with Crippen LogP contribution in [0.1, 0.15) is 32.7 Å². The lowest BCUT2D eigenvalue weighted by atomic mass is 10.1. The molecule has 0 atom stereocenters. The van der Waals surface area contributed by atoms with Crippen LogP contribution in [0, 0.1) is 11.3 Å². The number of hydrogen-bond donors (Lipinski definition) is 1. The van der Waals surface area contributed by atoms with E-state index in [2.05, 4.69) is 10.3 Å². The second-order valence-electron chi connectivity index (χ2n) is 6.95. The molecule has 2 amide bonds. The Morgan fingerprint density at radius 1 is 1.23 bits per heavy atom. The number of carbonyl (C=O) groups excluding carboxylic acids is 2. The van der Waals surface area contributed by atoms with Crippen LogP contribution in [0.15, 0.2) is 42.5 Å². The number of nitrogens with zero attached hydrogens (tertiary/aromatic N) is 4. The first kappa shape index (κ1) is 21.0. The molecule has 8 nitrogen and oxygen atoms in total. The summed E-state index contributed by atoms with van der Waals surface area (Å²) in [7, 11) is 5.01. The zero-order valence-electron chi connectivity index (χ0n) is 17.2. The van der Waals surface area contributed by atoms with Gasteiger partial charge >= 0.3 is 0 Å². The highest BCUT2D eigenvalue weighted by atomic mass is 16.5. The smallest absolute Gasteiger partial charge is 0.258 e. The second-order valence-corrected chi connectivity index (χ2v) is 6.95. The normalized spacial score (nSPS) is 10.6. The predicted octanol–water partition coefficient (Wildman–Crippen LogP) is 2.90. The predicted molar refractivity (Wildman–Crippen MR) is 113 cm³/mol. The Hall–Kier alpha value is -3.70. The Labute approximate surface area is 174 Å². The summed E-state index contributed by atoms with van der Waals surface area (Å²) in [6.45, 7) is 1.04. The fourth-order valence-electron chi connectivity index (χ4n) is 3.18. The first-order valence-corrected chi connectivity index (χ1v) is 9.47. The molecule has 1 aromatic heterocycles. The van der Waals surface area contributed by atoms with Crippen molar-refractivity contribution in [2.45, 2.75) is 13.0 Å². The number of imidazole rings is 1. The summed E-state index contributed by atoms with van der Waals surface area (Å²) in [5.74, 6) is -0.184. The van der Waals surface area contributed by atoms with Crippen molar-refractivity contribution >= 4 is 28.8 Å². The average Bonchev–Trinajstić information content (AvgIpc) is 3.10. The van der Waals surface area contributed by atoms with Crippen LogP contribution in [0.4, 0.5) is 5.95 Å². The highest BCUT2D eigenvalue weighted by molar-refractivity contribution is 6.07. The minimum atomic E-state index is -0.379. The first-order valence-electron chi connectivity index (χ1n) is 9.47. The molecule has 0 spiro atoms. The third kappa shape index (κ3) is 4.31. The number of methoxy groups -OCH3 is 1. The van der Waals surface area contributed by atoms with Crippen molar-refractivity contribution in [1.82, 2.24) is 14.5 Å². The number of carbonyl (C=O) groups is 2. The number of anilines is 1. The molecule has 8 heteroatoms. The van der Waals surface area contributed by atoms with Crippen LogP contribution in [0.3, 0.4) is 0 Å². The van der Waals surface area contributed by atoms with Gasteiger partial charge in [0.05, 0.1) is 28.2 Å². The zero-order chi connectivity index (χ0) is 21.7. The summed E-state index contributed by atoms with van der Waals surface area (Å²) in [6.07, 6.45) is 0.680. The van der Waals surface area contributed by atoms with Crippen LogP contribution in [-0.2, 0) is 11.3 Å². The van der Waals surface area contributed by atoms with E-state index in [0.29, 0.717) is 53.2 Å². The number of nitriles is 1. The van der Waals surface area contributed by atoms with Crippen molar-refractivity contribution in [3.8, 4) is 6.07 Å². The lowest BCUT2D eigenvalue weighted by Gasteiger charge is -2.14. The number of fused-ring (bicyclic) bond motifs is 1. The molecule has 3 rings (SSSR count). The Morgan fingerprint density at radius 3 is 2.70 bits per heavy atom. The van der Waals surface area contributed by atoms with Gasteiger partial charge in [-0.3, -0.25) is 14.9 Å². The van der Waals surface area contributed by atoms with E-state index in [-0.39, 0.29) is 11.8 Å². The molecule has 154 valence electrons. The number of para-hydroxylation sites is 1. The summed E-state index contributed by atoms with van der Waals surface area (Å²) in [6, 6.07) is 13.8. The van der Waals surface area contributed by atoms with E-state index in [1.807, 2.05) is 10.6 Å². The number of aromatic nitrogens is 2. The molecule has 0 radical (unpaired) electrons. The number of rotatable bonds is 7. The van der Waals surface area contributed by atoms with Gasteiger partial charge in [-0.15, -0.1) is 0 Å². The molecule has 1 N–H and O–H groups in total. The van der Waals surface area contributed by atoms with Gasteiger partial charge < -0.3 is 14.2 Å². The van der Waals surface area contributed by atoms with Crippen molar-refractivity contribution in [3.63, 3.8) is 0 Å². The molecular formula is C22H23N5O3. The van der Waals surface area contributed by atoms with E-state index in [4.69, 9.17) is 10.00 Å². The summed E-state index contributed by atoms with van der Waals surface area (Å²) >= 11 is 0. The number of amides is 2. The average molecular weight is 405 g/mol. The molecular weight excluding hydrogens is 382 g/mol. The molecule has 3 aromatic rings. The van der Waals surface area contributed by atoms with Crippen molar-refractivity contribution in [2.24, 2.45) is 0 Å². The van der Waals surface area contributed by atoms with Gasteiger partial charge in [0.2, 0.25) is 5.95 Å². The fraction of sp³-hybridized carbons (Fsp3) is 0.273. The molecule has 0 saturated heterocycles. The molecule has 0 bridgehead atoms. The van der Waals surface area contributed by atoms with Crippen LogP contribution < -0.4 is 5.32 Å². The molecule has 2 aromatic carbocycles. The molecule has 0 saturated carbocycles. The van der Waals surface area contributed by atoms with Crippen LogP contribution in [-0.4, -0.2) is 54.1 Å². The highest BCUT2D eigenvalue weighted by Gasteiger charge is 2.20. The topological polar surface area (TPSA) is 100 Å². The largest absolute Gasteiger partial charge is 0.385 e. The number of hydrogen-bond acceptors (Lipinski definition) is 5. The fourth-order valence-corrected chi connectivity index (χ4v) is 3.18. The first-order chi connectivity index (χ1) is 14.5. The Morgan fingerprint density at radius 2 is 2.00 bits per heavy atom. The third-order valence-electron chi connectivity index (χ3n) is 4.61.